The Labute approximate surface area is 207 Å². The average molecular weight is 495 g/mol. The van der Waals surface area contributed by atoms with Crippen molar-refractivity contribution in [2.75, 3.05) is 56.8 Å². The average Bonchev–Trinajstić information content (AvgIpc) is 2.89. The third-order valence-corrected chi connectivity index (χ3v) is 5.84. The number of fused-ring (bicyclic) bond motifs is 1. The maximum atomic E-state index is 13.2. The minimum Gasteiger partial charge on any atom is -0.490 e. The van der Waals surface area contributed by atoms with Gasteiger partial charge in [0.05, 0.1) is 19.4 Å². The van der Waals surface area contributed by atoms with E-state index in [1.165, 1.54) is 17.2 Å². The van der Waals surface area contributed by atoms with Crippen LogP contribution in [0.5, 0.6) is 5.75 Å². The molecule has 1 fully saturated rings. The molecule has 2 aliphatic rings. The summed E-state index contributed by atoms with van der Waals surface area (Å²) in [4.78, 5) is 48.8. The van der Waals surface area contributed by atoms with Gasteiger partial charge in [-0.25, -0.2) is 14.8 Å². The van der Waals surface area contributed by atoms with Gasteiger partial charge in [0.1, 0.15) is 47.9 Å². The lowest BCUT2D eigenvalue weighted by Gasteiger charge is -2.30. The number of carbonyl (C=O) groups is 3. The zero-order valence-electron chi connectivity index (χ0n) is 19.9. The minimum atomic E-state index is -0.476. The second-order valence-electron chi connectivity index (χ2n) is 8.21. The molecule has 3 amide bonds. The summed E-state index contributed by atoms with van der Waals surface area (Å²) < 4.78 is 15.7. The van der Waals surface area contributed by atoms with Crippen molar-refractivity contribution < 1.29 is 28.6 Å². The third kappa shape index (κ3) is 5.59. The molecule has 12 nitrogen and oxygen atoms in total. The van der Waals surface area contributed by atoms with Crippen LogP contribution >= 0.6 is 0 Å². The number of pyridine rings is 2. The van der Waals surface area contributed by atoms with Crippen LogP contribution in [-0.2, 0) is 27.2 Å². The molecule has 0 unspecified atom stereocenters. The third-order valence-electron chi connectivity index (χ3n) is 5.84. The number of aldehydes is 1. The van der Waals surface area contributed by atoms with Crippen LogP contribution in [0, 0.1) is 11.3 Å². The topological polar surface area (TPSA) is 147 Å². The summed E-state index contributed by atoms with van der Waals surface area (Å²) in [5.74, 6) is 0.736. The molecule has 4 rings (SSSR count). The van der Waals surface area contributed by atoms with E-state index in [9.17, 15) is 19.6 Å². The van der Waals surface area contributed by atoms with Crippen molar-refractivity contribution in [2.24, 2.45) is 0 Å². The number of rotatable bonds is 8. The Bertz CT molecular complexity index is 1200. The maximum absolute atomic E-state index is 13.2. The quantitative estimate of drug-likeness (QED) is 0.426. The van der Waals surface area contributed by atoms with E-state index in [4.69, 9.17) is 14.2 Å². The number of anilines is 2. The van der Waals surface area contributed by atoms with Crippen LogP contribution in [0.1, 0.15) is 33.6 Å². The number of amides is 3. The maximum Gasteiger partial charge on any atom is 0.328 e. The largest absolute Gasteiger partial charge is 0.490 e. The Kier molecular flexibility index (Phi) is 8.04. The molecule has 2 aromatic heterocycles. The lowest BCUT2D eigenvalue weighted by Crippen LogP contribution is -2.42. The van der Waals surface area contributed by atoms with E-state index >= 15 is 0 Å². The van der Waals surface area contributed by atoms with Crippen LogP contribution < -0.4 is 15.0 Å². The molecule has 36 heavy (non-hydrogen) atoms. The van der Waals surface area contributed by atoms with E-state index in [0.717, 1.165) is 5.56 Å². The van der Waals surface area contributed by atoms with Crippen molar-refractivity contribution in [3.8, 4) is 11.8 Å². The smallest absolute Gasteiger partial charge is 0.328 e. The number of ether oxygens (including phenoxy) is 3. The molecule has 0 saturated carbocycles. The standard InChI is InChI=1S/C24H26N6O6/c1-34-7-8-36-20-10-21(26-12-18(20)11-25)28-24(33)30-4-2-3-16-9-17(19(14-31)27-23(16)30)13-29-5-6-35-15-22(29)32/h9-10,12,14H,2-8,13,15H2,1H3,(H,26,28,33). The second-order valence-corrected chi connectivity index (χ2v) is 8.21. The first kappa shape index (κ1) is 25.0. The van der Waals surface area contributed by atoms with Gasteiger partial charge in [0.2, 0.25) is 5.91 Å². The highest BCUT2D eigenvalue weighted by atomic mass is 16.5. The molecule has 188 valence electrons. The summed E-state index contributed by atoms with van der Waals surface area (Å²) in [5, 5.41) is 12.0. The molecule has 0 atom stereocenters. The number of methoxy groups -OCH3 is 1. The fraction of sp³-hybridized carbons (Fsp3) is 0.417. The van der Waals surface area contributed by atoms with Crippen LogP contribution in [0.25, 0.3) is 0 Å². The van der Waals surface area contributed by atoms with E-state index in [1.54, 1.807) is 12.0 Å². The van der Waals surface area contributed by atoms with Gasteiger partial charge < -0.3 is 19.1 Å². The second kappa shape index (κ2) is 11.6. The molecule has 4 heterocycles. The summed E-state index contributed by atoms with van der Waals surface area (Å²) in [6.45, 7) is 2.13. The van der Waals surface area contributed by atoms with Crippen LogP contribution in [0.15, 0.2) is 18.3 Å². The highest BCUT2D eigenvalue weighted by Gasteiger charge is 2.28. The molecule has 0 spiro atoms. The molecule has 1 saturated heterocycles. The number of nitriles is 1. The Morgan fingerprint density at radius 2 is 2.19 bits per heavy atom. The zero-order valence-corrected chi connectivity index (χ0v) is 19.9. The van der Waals surface area contributed by atoms with Crippen molar-refractivity contribution in [1.29, 1.82) is 5.26 Å². The lowest BCUT2D eigenvalue weighted by molar-refractivity contribution is -0.143. The molecule has 2 aromatic rings. The molecule has 2 aliphatic heterocycles. The number of hydrogen-bond donors (Lipinski definition) is 1. The summed E-state index contributed by atoms with van der Waals surface area (Å²) >= 11 is 0. The number of nitrogens with one attached hydrogen (secondary N) is 1. The van der Waals surface area contributed by atoms with E-state index < -0.39 is 6.03 Å². The Hall–Kier alpha value is -4.08. The van der Waals surface area contributed by atoms with Gasteiger partial charge in [-0.05, 0) is 24.5 Å². The normalized spacial score (nSPS) is 15.2. The van der Waals surface area contributed by atoms with Gasteiger partial charge in [-0.2, -0.15) is 5.26 Å². The zero-order chi connectivity index (χ0) is 25.5. The summed E-state index contributed by atoms with van der Waals surface area (Å²) in [6.07, 6.45) is 3.34. The van der Waals surface area contributed by atoms with Crippen molar-refractivity contribution in [3.63, 3.8) is 0 Å². The van der Waals surface area contributed by atoms with Crippen LogP contribution in [0.2, 0.25) is 0 Å². The van der Waals surface area contributed by atoms with E-state index in [2.05, 4.69) is 15.3 Å². The molecule has 0 aromatic carbocycles. The Morgan fingerprint density at radius 1 is 1.33 bits per heavy atom. The molecule has 0 radical (unpaired) electrons. The molecule has 12 heteroatoms. The molecular weight excluding hydrogens is 468 g/mol. The summed E-state index contributed by atoms with van der Waals surface area (Å²) in [5.41, 5.74) is 1.86. The fourth-order valence-electron chi connectivity index (χ4n) is 4.03. The van der Waals surface area contributed by atoms with Gasteiger partial charge in [-0.1, -0.05) is 0 Å². The van der Waals surface area contributed by atoms with Crippen LogP contribution in [0.3, 0.4) is 0 Å². The lowest BCUT2D eigenvalue weighted by atomic mass is 10.0. The van der Waals surface area contributed by atoms with Gasteiger partial charge >= 0.3 is 6.03 Å². The number of aryl methyl sites for hydroxylation is 1. The fourth-order valence-corrected chi connectivity index (χ4v) is 4.03. The number of aromatic nitrogens is 2. The highest BCUT2D eigenvalue weighted by molar-refractivity contribution is 6.01. The summed E-state index contributed by atoms with van der Waals surface area (Å²) in [7, 11) is 1.54. The predicted molar refractivity (Wildman–Crippen MR) is 127 cm³/mol. The van der Waals surface area contributed by atoms with Crippen molar-refractivity contribution in [2.45, 2.75) is 19.4 Å². The monoisotopic (exact) mass is 494 g/mol. The van der Waals surface area contributed by atoms with Gasteiger partial charge in [0, 0.05) is 38.4 Å². The van der Waals surface area contributed by atoms with Crippen molar-refractivity contribution in [3.05, 3.63) is 40.7 Å². The van der Waals surface area contributed by atoms with Crippen molar-refractivity contribution in [1.82, 2.24) is 14.9 Å². The number of hydrogen-bond acceptors (Lipinski definition) is 9. The van der Waals surface area contributed by atoms with Gasteiger partial charge in [-0.3, -0.25) is 19.8 Å². The molecule has 0 bridgehead atoms. The van der Waals surface area contributed by atoms with E-state index in [0.29, 0.717) is 56.8 Å². The van der Waals surface area contributed by atoms with Crippen LogP contribution in [0.4, 0.5) is 16.4 Å². The summed E-state index contributed by atoms with van der Waals surface area (Å²) in [6, 6.07) is 4.85. The Morgan fingerprint density at radius 3 is 2.94 bits per heavy atom. The van der Waals surface area contributed by atoms with Crippen LogP contribution in [-0.4, -0.2) is 79.7 Å². The Balaban J connectivity index is 1.54. The number of carbonyl (C=O) groups excluding carboxylic acids is 3. The first-order valence-corrected chi connectivity index (χ1v) is 11.5. The first-order valence-electron chi connectivity index (χ1n) is 11.5. The number of morpholine rings is 1. The van der Waals surface area contributed by atoms with Gasteiger partial charge in [-0.15, -0.1) is 0 Å². The SMILES string of the molecule is COCCOc1cc(NC(=O)N2CCCc3cc(CN4CCOCC4=O)c(C=O)nc32)ncc1C#N. The predicted octanol–water partition coefficient (Wildman–Crippen LogP) is 1.53. The molecular formula is C24H26N6O6. The van der Waals surface area contributed by atoms with Gasteiger partial charge in [0.25, 0.3) is 0 Å². The molecule has 1 N–H and O–H groups in total. The van der Waals surface area contributed by atoms with Crippen molar-refractivity contribution >= 4 is 29.9 Å². The number of nitrogens with zero attached hydrogens (tertiary/aromatic N) is 5. The highest BCUT2D eigenvalue weighted by Crippen LogP contribution is 2.29. The molecule has 0 aliphatic carbocycles. The van der Waals surface area contributed by atoms with Gasteiger partial charge in [0.15, 0.2) is 6.29 Å². The van der Waals surface area contributed by atoms with E-state index in [1.807, 2.05) is 12.1 Å². The van der Waals surface area contributed by atoms with E-state index in [-0.39, 0.29) is 48.5 Å². The minimum absolute atomic E-state index is 0.0191. The first-order chi connectivity index (χ1) is 17.5. The number of urea groups is 1.